The number of para-hydroxylation sites is 1. The van der Waals surface area contributed by atoms with Crippen molar-refractivity contribution < 1.29 is 9.90 Å². The van der Waals surface area contributed by atoms with Crippen molar-refractivity contribution in [2.45, 2.75) is 277 Å². The number of hydrogen-bond acceptors (Lipinski definition) is 9. The first-order valence-electron chi connectivity index (χ1n) is 36.4. The second-order valence-corrected chi connectivity index (χ2v) is 33.5. The zero-order valence-corrected chi connectivity index (χ0v) is 63.2. The number of carboxylic acid groups (broad SMARTS) is 1. The van der Waals surface area contributed by atoms with Gasteiger partial charge in [0.1, 0.15) is 0 Å². The van der Waals surface area contributed by atoms with Gasteiger partial charge in [0.05, 0.1) is 17.9 Å². The number of benzene rings is 2. The van der Waals surface area contributed by atoms with E-state index in [1.807, 2.05) is 34.4 Å². The van der Waals surface area contributed by atoms with Crippen molar-refractivity contribution >= 4 is 103 Å². The zero-order chi connectivity index (χ0) is 65.3. The lowest BCUT2D eigenvalue weighted by Crippen LogP contribution is -2.21. The molecule has 2 aromatic carbocycles. The third kappa shape index (κ3) is 19.8. The molecule has 93 heavy (non-hydrogen) atoms. The van der Waals surface area contributed by atoms with E-state index in [1.54, 1.807) is 17.4 Å². The first-order chi connectivity index (χ1) is 45.6. The van der Waals surface area contributed by atoms with E-state index < -0.39 is 5.97 Å². The predicted molar refractivity (Wildman–Crippen MR) is 417 cm³/mol. The molecule has 8 aromatic rings. The van der Waals surface area contributed by atoms with Crippen LogP contribution < -0.4 is 4.90 Å². The van der Waals surface area contributed by atoms with E-state index in [-0.39, 0.29) is 5.70 Å². The van der Waals surface area contributed by atoms with E-state index in [4.69, 9.17) is 6.57 Å². The second-order valence-electron chi connectivity index (χ2n) is 26.1. The Bertz CT molecular complexity index is 3680. The lowest BCUT2D eigenvalue weighted by molar-refractivity contribution is -0.132. The number of carboxylic acids is 1. The van der Waals surface area contributed by atoms with Crippen molar-refractivity contribution in [1.29, 1.82) is 0 Å². The average molecular weight is 1380 g/mol. The molecule has 1 aliphatic heterocycles. The van der Waals surface area contributed by atoms with Gasteiger partial charge in [0, 0.05) is 74.9 Å². The number of aryl methyl sites for hydroxylation is 6. The average Bonchev–Trinajstić information content (AvgIpc) is 1.77. The summed E-state index contributed by atoms with van der Waals surface area (Å²) in [6, 6.07) is 31.9. The molecule has 0 spiro atoms. The third-order valence-electron chi connectivity index (χ3n) is 18.6. The van der Waals surface area contributed by atoms with Gasteiger partial charge < -0.3 is 10.0 Å². The summed E-state index contributed by atoms with van der Waals surface area (Å²) in [5.41, 5.74) is 12.5. The van der Waals surface area contributed by atoms with E-state index in [2.05, 4.69) is 171 Å². The largest absolute Gasteiger partial charge is 0.486 e. The van der Waals surface area contributed by atoms with Crippen LogP contribution in [0, 0.1) is 6.57 Å². The predicted octanol–water partition coefficient (Wildman–Crippen LogP) is 29.3. The number of anilines is 2. The Morgan fingerprint density at radius 1 is 0.398 bits per heavy atom. The summed E-state index contributed by atoms with van der Waals surface area (Å²) in [5.74, 6) is -1.15. The van der Waals surface area contributed by atoms with Crippen LogP contribution in [0.2, 0.25) is 0 Å². The van der Waals surface area contributed by atoms with Crippen molar-refractivity contribution in [2.24, 2.45) is 0 Å². The van der Waals surface area contributed by atoms with Crippen LogP contribution in [0.25, 0.3) is 70.1 Å². The molecular formula is C82H106N2O2S7. The maximum atomic E-state index is 12.3. The minimum absolute atomic E-state index is 0.209. The molecule has 4 nitrogen and oxygen atoms in total. The van der Waals surface area contributed by atoms with Crippen molar-refractivity contribution in [1.82, 2.24) is 0 Å². The number of hydrogen-bond donors (Lipinski definition) is 1. The van der Waals surface area contributed by atoms with Gasteiger partial charge in [0.2, 0.25) is 0 Å². The molecule has 498 valence electrons. The Hall–Kier alpha value is -4.51. The molecular weight excluding hydrogens is 1270 g/mol. The van der Waals surface area contributed by atoms with Gasteiger partial charge in [-0.15, -0.1) is 68.0 Å². The number of carbonyl (C=O) groups is 1. The Morgan fingerprint density at radius 2 is 0.742 bits per heavy atom. The summed E-state index contributed by atoms with van der Waals surface area (Å²) in [5, 5.41) is 10.0. The summed E-state index contributed by atoms with van der Waals surface area (Å²) in [6.45, 7) is 25.0. The van der Waals surface area contributed by atoms with Crippen molar-refractivity contribution in [3.05, 3.63) is 134 Å². The summed E-state index contributed by atoms with van der Waals surface area (Å²) in [6.07, 6.45) is 42.3. The highest BCUT2D eigenvalue weighted by Crippen LogP contribution is 2.54. The highest BCUT2D eigenvalue weighted by Gasteiger charge is 2.28. The lowest BCUT2D eigenvalue weighted by atomic mass is 10.0. The molecule has 1 aliphatic rings. The summed E-state index contributed by atoms with van der Waals surface area (Å²) in [7, 11) is 0. The minimum Gasteiger partial charge on any atom is -0.486 e. The first kappa shape index (κ1) is 72.8. The number of thiophene rings is 6. The Morgan fingerprint density at radius 3 is 1.14 bits per heavy atom. The molecule has 0 fully saturated rings. The molecule has 7 heterocycles. The van der Waals surface area contributed by atoms with Gasteiger partial charge in [-0.25, -0.2) is 4.85 Å². The molecule has 11 heteroatoms. The molecule has 0 saturated carbocycles. The standard InChI is InChI=1S/C82H106N2O2S7/c1-9-16-23-30-39-58-51-72(88-70(58)57-65(83-8)82(85)86)77-61(41-32-25-18-11-3)53-74(90-77)79-63(43-34-27-20-13-5)55-76(92-79)81-64(44-35-28-21-14-6)56-75(93-81)80-62(42-33-26-19-12-4)54-73(91-80)78-60(40-31-24-17-10-2)52-69(89-78)59-47-48-67-71(50-59)87-68-46-37-36-45-66(68)84(67)49-38-29-22-15-7/h36-37,45-48,50-57H,9-35,38-44,49H2,1-7H3,(H,85,86)/b65-57-. The van der Waals surface area contributed by atoms with Crippen molar-refractivity contribution in [3.8, 4) is 59.2 Å². The summed E-state index contributed by atoms with van der Waals surface area (Å²) < 4.78 is 0. The molecule has 0 bridgehead atoms. The van der Waals surface area contributed by atoms with Crippen LogP contribution in [0.3, 0.4) is 0 Å². The molecule has 0 aliphatic carbocycles. The lowest BCUT2D eigenvalue weighted by Gasteiger charge is -2.33. The quantitative estimate of drug-likeness (QED) is 0.0235. The summed E-state index contributed by atoms with van der Waals surface area (Å²) >= 11 is 13.9. The monoisotopic (exact) mass is 1370 g/mol. The number of nitrogens with zero attached hydrogens (tertiary/aromatic N) is 2. The van der Waals surface area contributed by atoms with E-state index >= 15 is 0 Å². The number of rotatable bonds is 43. The normalized spacial score (nSPS) is 12.3. The van der Waals surface area contributed by atoms with Gasteiger partial charge in [-0.2, -0.15) is 0 Å². The molecule has 0 atom stereocenters. The number of fused-ring (bicyclic) bond motifs is 2. The summed E-state index contributed by atoms with van der Waals surface area (Å²) in [4.78, 5) is 37.6. The smallest absolute Gasteiger partial charge is 0.333 e. The van der Waals surface area contributed by atoms with E-state index in [1.165, 1.54) is 274 Å². The van der Waals surface area contributed by atoms with Gasteiger partial charge in [0.15, 0.2) is 0 Å². The van der Waals surface area contributed by atoms with Crippen molar-refractivity contribution in [3.63, 3.8) is 0 Å². The molecule has 0 amide bonds. The minimum atomic E-state index is -1.15. The van der Waals surface area contributed by atoms with Crippen LogP contribution in [0.4, 0.5) is 11.4 Å². The van der Waals surface area contributed by atoms with Crippen LogP contribution in [0.1, 0.15) is 267 Å². The second kappa shape index (κ2) is 38.4. The van der Waals surface area contributed by atoms with Gasteiger partial charge in [-0.05, 0) is 189 Å². The fourth-order valence-electron chi connectivity index (χ4n) is 13.2. The highest BCUT2D eigenvalue weighted by molar-refractivity contribution is 7.99. The van der Waals surface area contributed by atoms with Gasteiger partial charge in [0.25, 0.3) is 5.70 Å². The number of aliphatic carboxylic acids is 1. The maximum Gasteiger partial charge on any atom is 0.333 e. The first-order valence-corrected chi connectivity index (χ1v) is 42.1. The van der Waals surface area contributed by atoms with Crippen LogP contribution in [-0.4, -0.2) is 17.6 Å². The van der Waals surface area contributed by atoms with Crippen LogP contribution in [0.15, 0.2) is 94.4 Å². The van der Waals surface area contributed by atoms with Crippen LogP contribution in [-0.2, 0) is 43.3 Å². The topological polar surface area (TPSA) is 44.9 Å². The Labute approximate surface area is 589 Å². The molecule has 9 rings (SSSR count). The fraction of sp³-hybridized carbons (Fsp3) is 0.512. The molecule has 0 radical (unpaired) electrons. The Balaban J connectivity index is 1.14. The van der Waals surface area contributed by atoms with Crippen LogP contribution >= 0.6 is 79.8 Å². The van der Waals surface area contributed by atoms with Gasteiger partial charge in [-0.3, -0.25) is 4.79 Å². The Kier molecular flexibility index (Phi) is 30.1. The molecule has 0 unspecified atom stereocenters. The maximum absolute atomic E-state index is 12.3. The highest BCUT2D eigenvalue weighted by atomic mass is 32.2. The van der Waals surface area contributed by atoms with E-state index in [9.17, 15) is 9.90 Å². The third-order valence-corrected chi connectivity index (χ3v) is 27.6. The van der Waals surface area contributed by atoms with Crippen LogP contribution in [0.5, 0.6) is 0 Å². The van der Waals surface area contributed by atoms with Gasteiger partial charge in [-0.1, -0.05) is 213 Å². The van der Waals surface area contributed by atoms with E-state index in [0.29, 0.717) is 0 Å². The molecule has 1 N–H and O–H groups in total. The van der Waals surface area contributed by atoms with Crippen molar-refractivity contribution in [2.75, 3.05) is 11.4 Å². The zero-order valence-electron chi connectivity index (χ0n) is 57.4. The molecule has 0 saturated heterocycles. The SMILES string of the molecule is [C-]#[N+]/C(=C\c1sc(-c2sc(-c3sc(-c4sc(-c5sc(-c6sc(-c7ccc8c(c7)Sc7ccccc7N8CCCCCC)cc6CCCCCC)cc5CCCCCC)cc4CCCCCC)cc3CCCCCC)cc2CCCCCC)cc1CCCCCC)C(=O)O. The van der Waals surface area contributed by atoms with Gasteiger partial charge >= 0.3 is 5.97 Å². The number of unbranched alkanes of at least 4 members (excludes halogenated alkanes) is 21. The molecule has 6 aromatic heterocycles. The fourth-order valence-corrected chi connectivity index (χ4v) is 22.2. The van der Waals surface area contributed by atoms with E-state index in [0.717, 1.165) is 69.2 Å².